The standard InChI is InChI=1S/C38H54N2O2/c1-24(2)13-12-18-38(8,42)27-16-19-37(7)31(27)28(41)21-30-35(5)22-26-23-39-33(25-14-10-9-11-15-25)40-32(26)34(3,4)29(35)17-20-36(30,37)6/h9-11,13-15,23,27-31,41-42H,12,16-22H2,1-8H3/t27-,28+,29-,30+,31-,35-,36+,37+,38-/m0/s1. The molecule has 4 aliphatic carbocycles. The lowest BCUT2D eigenvalue weighted by Crippen LogP contribution is -2.66. The van der Waals surface area contributed by atoms with Crippen molar-refractivity contribution in [1.29, 1.82) is 0 Å². The Bertz CT molecular complexity index is 1360. The number of aromatic nitrogens is 2. The molecule has 42 heavy (non-hydrogen) atoms. The molecule has 0 radical (unpaired) electrons. The summed E-state index contributed by atoms with van der Waals surface area (Å²) in [4.78, 5) is 10.1. The van der Waals surface area contributed by atoms with Gasteiger partial charge in [-0.15, -0.1) is 0 Å². The van der Waals surface area contributed by atoms with E-state index in [0.717, 1.165) is 49.9 Å². The van der Waals surface area contributed by atoms with E-state index in [9.17, 15) is 10.2 Å². The Kier molecular flexibility index (Phi) is 7.14. The Morgan fingerprint density at radius 3 is 2.38 bits per heavy atom. The van der Waals surface area contributed by atoms with Gasteiger partial charge in [-0.25, -0.2) is 9.97 Å². The van der Waals surface area contributed by atoms with E-state index in [1.54, 1.807) is 0 Å². The van der Waals surface area contributed by atoms with Crippen molar-refractivity contribution in [2.24, 2.45) is 39.9 Å². The molecule has 0 bridgehead atoms. The fourth-order valence-electron chi connectivity index (χ4n) is 11.5. The first-order valence-electron chi connectivity index (χ1n) is 16.6. The minimum Gasteiger partial charge on any atom is -0.393 e. The second-order valence-electron chi connectivity index (χ2n) is 16.5. The van der Waals surface area contributed by atoms with Crippen molar-refractivity contribution in [2.45, 2.75) is 124 Å². The molecule has 1 aromatic heterocycles. The topological polar surface area (TPSA) is 66.2 Å². The van der Waals surface area contributed by atoms with Crippen LogP contribution in [-0.2, 0) is 11.8 Å². The fourth-order valence-corrected chi connectivity index (χ4v) is 11.5. The highest BCUT2D eigenvalue weighted by Gasteiger charge is 2.71. The third kappa shape index (κ3) is 4.29. The zero-order chi connectivity index (χ0) is 30.3. The summed E-state index contributed by atoms with van der Waals surface area (Å²) in [5.74, 6) is 2.01. The molecule has 4 aliphatic rings. The Hall–Kier alpha value is -2.04. The molecule has 0 unspecified atom stereocenters. The number of hydrogen-bond donors (Lipinski definition) is 2. The van der Waals surface area contributed by atoms with E-state index in [1.165, 1.54) is 29.7 Å². The van der Waals surface area contributed by atoms with Gasteiger partial charge in [0.1, 0.15) is 0 Å². The highest BCUT2D eigenvalue weighted by molar-refractivity contribution is 5.55. The van der Waals surface area contributed by atoms with Crippen LogP contribution < -0.4 is 0 Å². The van der Waals surface area contributed by atoms with Crippen LogP contribution in [0.5, 0.6) is 0 Å². The number of rotatable bonds is 5. The highest BCUT2D eigenvalue weighted by Crippen LogP contribution is 2.75. The highest BCUT2D eigenvalue weighted by atomic mass is 16.3. The van der Waals surface area contributed by atoms with Gasteiger partial charge < -0.3 is 10.2 Å². The van der Waals surface area contributed by atoms with E-state index in [4.69, 9.17) is 9.97 Å². The van der Waals surface area contributed by atoms with Crippen LogP contribution in [0.1, 0.15) is 112 Å². The quantitative estimate of drug-likeness (QED) is 0.355. The number of aliphatic hydroxyl groups excluding tert-OH is 1. The SMILES string of the molecule is CC(C)=CCC[C@](C)(O)[C@H]1CC[C@]2(C)[C@@H]1[C@H](O)C[C@@H]1[C@@]3(C)Cc4cnc(-c5ccccc5)nc4C(C)(C)[C@@H]3CC[C@]12C. The second-order valence-corrected chi connectivity index (χ2v) is 16.5. The first kappa shape index (κ1) is 30.0. The first-order valence-corrected chi connectivity index (χ1v) is 16.6. The predicted molar refractivity (Wildman–Crippen MR) is 171 cm³/mol. The zero-order valence-electron chi connectivity index (χ0n) is 27.4. The van der Waals surface area contributed by atoms with E-state index < -0.39 is 5.60 Å². The summed E-state index contributed by atoms with van der Waals surface area (Å²) >= 11 is 0. The number of fused-ring (bicyclic) bond motifs is 6. The van der Waals surface area contributed by atoms with E-state index in [1.807, 2.05) is 13.0 Å². The average molecular weight is 571 g/mol. The molecule has 3 saturated carbocycles. The monoisotopic (exact) mass is 570 g/mol. The van der Waals surface area contributed by atoms with Crippen molar-refractivity contribution < 1.29 is 10.2 Å². The number of aliphatic hydroxyl groups is 2. The largest absolute Gasteiger partial charge is 0.393 e. The van der Waals surface area contributed by atoms with Crippen LogP contribution in [0.3, 0.4) is 0 Å². The van der Waals surface area contributed by atoms with Gasteiger partial charge in [0.05, 0.1) is 17.4 Å². The summed E-state index contributed by atoms with van der Waals surface area (Å²) in [5, 5.41) is 23.9. The summed E-state index contributed by atoms with van der Waals surface area (Å²) < 4.78 is 0. The summed E-state index contributed by atoms with van der Waals surface area (Å²) in [6.07, 6.45) is 11.9. The van der Waals surface area contributed by atoms with E-state index >= 15 is 0 Å². The van der Waals surface area contributed by atoms with Crippen LogP contribution in [0.25, 0.3) is 11.4 Å². The van der Waals surface area contributed by atoms with Gasteiger partial charge >= 0.3 is 0 Å². The molecule has 4 heteroatoms. The van der Waals surface area contributed by atoms with Crippen molar-refractivity contribution in [3.05, 3.63) is 59.4 Å². The van der Waals surface area contributed by atoms with Crippen molar-refractivity contribution >= 4 is 0 Å². The summed E-state index contributed by atoms with van der Waals surface area (Å²) in [6.45, 7) is 18.7. The molecule has 2 aromatic rings. The van der Waals surface area contributed by atoms with E-state index in [2.05, 4.69) is 85.0 Å². The van der Waals surface area contributed by atoms with Gasteiger partial charge in [-0.1, -0.05) is 76.6 Å². The number of hydrogen-bond acceptors (Lipinski definition) is 4. The molecular weight excluding hydrogens is 516 g/mol. The lowest BCUT2D eigenvalue weighted by atomic mass is 9.35. The van der Waals surface area contributed by atoms with Crippen molar-refractivity contribution in [3.63, 3.8) is 0 Å². The third-order valence-electron chi connectivity index (χ3n) is 13.6. The Labute approximate surface area is 254 Å². The Balaban J connectivity index is 1.35. The van der Waals surface area contributed by atoms with Crippen LogP contribution in [0.15, 0.2) is 48.2 Å². The molecule has 2 N–H and O–H groups in total. The lowest BCUT2D eigenvalue weighted by Gasteiger charge is -2.70. The van der Waals surface area contributed by atoms with E-state index in [0.29, 0.717) is 11.8 Å². The average Bonchev–Trinajstić information content (AvgIpc) is 3.31. The van der Waals surface area contributed by atoms with Gasteiger partial charge in [-0.05, 0) is 118 Å². The van der Waals surface area contributed by atoms with Crippen LogP contribution in [0.4, 0.5) is 0 Å². The maximum Gasteiger partial charge on any atom is 0.159 e. The van der Waals surface area contributed by atoms with Gasteiger partial charge in [-0.2, -0.15) is 0 Å². The van der Waals surface area contributed by atoms with Crippen LogP contribution in [-0.4, -0.2) is 31.9 Å². The van der Waals surface area contributed by atoms with Gasteiger partial charge in [0.25, 0.3) is 0 Å². The van der Waals surface area contributed by atoms with Crippen molar-refractivity contribution in [3.8, 4) is 11.4 Å². The zero-order valence-corrected chi connectivity index (χ0v) is 27.4. The molecule has 0 saturated heterocycles. The molecule has 6 rings (SSSR count). The van der Waals surface area contributed by atoms with E-state index in [-0.39, 0.29) is 39.6 Å². The molecule has 1 heterocycles. The Morgan fingerprint density at radius 2 is 1.69 bits per heavy atom. The molecule has 0 amide bonds. The lowest BCUT2D eigenvalue weighted by molar-refractivity contribution is -0.223. The molecule has 228 valence electrons. The minimum absolute atomic E-state index is 0.00652. The Morgan fingerprint density at radius 1 is 1.00 bits per heavy atom. The molecular formula is C38H54N2O2. The molecule has 4 nitrogen and oxygen atoms in total. The first-order chi connectivity index (χ1) is 19.6. The normalized spacial score (nSPS) is 39.7. The fraction of sp³-hybridized carbons (Fsp3) is 0.684. The van der Waals surface area contributed by atoms with Gasteiger partial charge in [0.2, 0.25) is 0 Å². The maximum absolute atomic E-state index is 12.1. The smallest absolute Gasteiger partial charge is 0.159 e. The van der Waals surface area contributed by atoms with Crippen molar-refractivity contribution in [1.82, 2.24) is 9.97 Å². The van der Waals surface area contributed by atoms with Gasteiger partial charge in [0, 0.05) is 17.2 Å². The molecule has 1 aromatic carbocycles. The number of nitrogens with zero attached hydrogens (tertiary/aromatic N) is 2. The summed E-state index contributed by atoms with van der Waals surface area (Å²) in [7, 11) is 0. The van der Waals surface area contributed by atoms with Crippen LogP contribution in [0.2, 0.25) is 0 Å². The number of allylic oxidation sites excluding steroid dienone is 2. The van der Waals surface area contributed by atoms with Crippen molar-refractivity contribution in [2.75, 3.05) is 0 Å². The number of benzene rings is 1. The molecule has 0 aliphatic heterocycles. The van der Waals surface area contributed by atoms with Crippen LogP contribution >= 0.6 is 0 Å². The molecule has 0 spiro atoms. The summed E-state index contributed by atoms with van der Waals surface area (Å²) in [5.41, 5.74) is 4.22. The summed E-state index contributed by atoms with van der Waals surface area (Å²) in [6, 6.07) is 10.4. The maximum atomic E-state index is 12.1. The third-order valence-corrected chi connectivity index (χ3v) is 13.6. The minimum atomic E-state index is -0.765. The van der Waals surface area contributed by atoms with Gasteiger partial charge in [-0.3, -0.25) is 0 Å². The van der Waals surface area contributed by atoms with Crippen LogP contribution in [0, 0.1) is 39.9 Å². The van der Waals surface area contributed by atoms with Gasteiger partial charge in [0.15, 0.2) is 5.82 Å². The predicted octanol–water partition coefficient (Wildman–Crippen LogP) is 8.31. The molecule has 3 fully saturated rings. The molecule has 9 atom stereocenters. The second kappa shape index (κ2) is 9.99.